The number of benzene rings is 1. The Morgan fingerprint density at radius 1 is 1.24 bits per heavy atom. The Morgan fingerprint density at radius 2 is 1.84 bits per heavy atom. The molecule has 0 saturated heterocycles. The normalized spacial score (nSPS) is 14.1. The van der Waals surface area contributed by atoms with E-state index in [0.717, 1.165) is 11.1 Å². The predicted molar refractivity (Wildman–Crippen MR) is 85.6 cm³/mol. The first-order valence-electron chi connectivity index (χ1n) is 7.78. The molecule has 0 spiro atoms. The highest BCUT2D eigenvalue weighted by Crippen LogP contribution is 2.28. The zero-order valence-corrected chi connectivity index (χ0v) is 14.5. The summed E-state index contributed by atoms with van der Waals surface area (Å²) in [7, 11) is 0. The second kappa shape index (κ2) is 8.22. The molecular formula is C17H22F3NO4. The van der Waals surface area contributed by atoms with E-state index in [1.54, 1.807) is 6.07 Å². The van der Waals surface area contributed by atoms with Gasteiger partial charge in [-0.05, 0) is 37.0 Å². The molecule has 2 N–H and O–H groups in total. The summed E-state index contributed by atoms with van der Waals surface area (Å²) in [6, 6.07) is 3.41. The number of aryl methyl sites for hydroxylation is 1. The lowest BCUT2D eigenvalue weighted by molar-refractivity contribution is -0.160. The highest BCUT2D eigenvalue weighted by atomic mass is 19.4. The van der Waals surface area contributed by atoms with Crippen LogP contribution in [-0.4, -0.2) is 35.3 Å². The number of halogens is 3. The minimum atomic E-state index is -4.71. The van der Waals surface area contributed by atoms with Crippen LogP contribution in [0, 0.1) is 6.92 Å². The van der Waals surface area contributed by atoms with Gasteiger partial charge in [0, 0.05) is 0 Å². The largest absolute Gasteiger partial charge is 0.481 e. The Balaban J connectivity index is 2.86. The van der Waals surface area contributed by atoms with E-state index in [2.05, 4.69) is 0 Å². The van der Waals surface area contributed by atoms with Crippen molar-refractivity contribution in [2.24, 2.45) is 0 Å². The number of amides is 1. The average Bonchev–Trinajstić information content (AvgIpc) is 2.44. The van der Waals surface area contributed by atoms with Crippen molar-refractivity contribution in [2.45, 2.75) is 58.4 Å². The third kappa shape index (κ3) is 6.64. The van der Waals surface area contributed by atoms with E-state index in [1.165, 1.54) is 6.92 Å². The minimum absolute atomic E-state index is 0.114. The van der Waals surface area contributed by atoms with Crippen LogP contribution < -0.4 is 10.1 Å². The number of carboxylic acids is 1. The van der Waals surface area contributed by atoms with Gasteiger partial charge in [0.2, 0.25) is 0 Å². The van der Waals surface area contributed by atoms with Crippen LogP contribution in [0.15, 0.2) is 18.2 Å². The van der Waals surface area contributed by atoms with E-state index in [4.69, 9.17) is 9.84 Å². The topological polar surface area (TPSA) is 75.6 Å². The van der Waals surface area contributed by atoms with Gasteiger partial charge in [-0.15, -0.1) is 0 Å². The number of carbonyl (C=O) groups is 2. The quantitative estimate of drug-likeness (QED) is 0.780. The van der Waals surface area contributed by atoms with E-state index in [-0.39, 0.29) is 5.92 Å². The number of hydrogen-bond acceptors (Lipinski definition) is 3. The van der Waals surface area contributed by atoms with Gasteiger partial charge in [-0.2, -0.15) is 13.2 Å². The van der Waals surface area contributed by atoms with Crippen molar-refractivity contribution in [3.05, 3.63) is 29.3 Å². The molecule has 0 saturated carbocycles. The van der Waals surface area contributed by atoms with Crippen LogP contribution in [0.4, 0.5) is 13.2 Å². The highest BCUT2D eigenvalue weighted by molar-refractivity contribution is 5.86. The second-order valence-electron chi connectivity index (χ2n) is 6.17. The van der Waals surface area contributed by atoms with Crippen molar-refractivity contribution in [2.75, 3.05) is 0 Å². The zero-order valence-electron chi connectivity index (χ0n) is 14.5. The van der Waals surface area contributed by atoms with Gasteiger partial charge in [0.1, 0.15) is 11.8 Å². The molecule has 0 bridgehead atoms. The van der Waals surface area contributed by atoms with Crippen LogP contribution >= 0.6 is 0 Å². The molecule has 1 rings (SSSR count). The lowest BCUT2D eigenvalue weighted by Crippen LogP contribution is -2.48. The summed E-state index contributed by atoms with van der Waals surface area (Å²) >= 11 is 0. The summed E-state index contributed by atoms with van der Waals surface area (Å²) < 4.78 is 42.8. The van der Waals surface area contributed by atoms with E-state index in [1.807, 2.05) is 38.2 Å². The molecule has 0 aliphatic heterocycles. The molecule has 2 atom stereocenters. The van der Waals surface area contributed by atoms with E-state index < -0.39 is 36.6 Å². The van der Waals surface area contributed by atoms with Crippen molar-refractivity contribution in [1.82, 2.24) is 5.32 Å². The summed E-state index contributed by atoms with van der Waals surface area (Å²) in [6.07, 6.45) is -7.50. The fourth-order valence-electron chi connectivity index (χ4n) is 2.19. The van der Waals surface area contributed by atoms with Crippen molar-refractivity contribution < 1.29 is 32.6 Å². The Kier molecular flexibility index (Phi) is 6.84. The summed E-state index contributed by atoms with van der Waals surface area (Å²) in [5, 5.41) is 10.7. The summed E-state index contributed by atoms with van der Waals surface area (Å²) in [5.41, 5.74) is 1.74. The molecule has 25 heavy (non-hydrogen) atoms. The van der Waals surface area contributed by atoms with Crippen molar-refractivity contribution in [3.8, 4) is 5.75 Å². The average molecular weight is 361 g/mol. The third-order valence-corrected chi connectivity index (χ3v) is 3.51. The number of alkyl halides is 3. The number of carboxylic acid groups (broad SMARTS) is 1. The third-order valence-electron chi connectivity index (χ3n) is 3.51. The number of hydrogen-bond donors (Lipinski definition) is 2. The van der Waals surface area contributed by atoms with Crippen LogP contribution in [0.2, 0.25) is 0 Å². The van der Waals surface area contributed by atoms with Gasteiger partial charge in [-0.1, -0.05) is 26.0 Å². The fraction of sp³-hybridized carbons (Fsp3) is 0.529. The van der Waals surface area contributed by atoms with Crippen LogP contribution in [0.5, 0.6) is 5.75 Å². The van der Waals surface area contributed by atoms with Crippen molar-refractivity contribution in [1.29, 1.82) is 0 Å². The van der Waals surface area contributed by atoms with Crippen LogP contribution in [0.1, 0.15) is 44.2 Å². The highest BCUT2D eigenvalue weighted by Gasteiger charge is 2.37. The monoisotopic (exact) mass is 361 g/mol. The summed E-state index contributed by atoms with van der Waals surface area (Å²) in [5.74, 6) is -2.12. The smallest absolute Gasteiger partial charge is 0.391 e. The van der Waals surface area contributed by atoms with Gasteiger partial charge < -0.3 is 15.2 Å². The van der Waals surface area contributed by atoms with E-state index in [9.17, 15) is 22.8 Å². The molecule has 8 heteroatoms. The SMILES string of the molecule is Cc1ccc(C(C)C)c(OC(C)C(=O)NC(CC(F)(F)F)C(=O)O)c1. The molecule has 1 amide bonds. The fourth-order valence-corrected chi connectivity index (χ4v) is 2.19. The number of aliphatic carboxylic acids is 1. The van der Waals surface area contributed by atoms with Gasteiger partial charge in [0.15, 0.2) is 6.10 Å². The second-order valence-corrected chi connectivity index (χ2v) is 6.17. The van der Waals surface area contributed by atoms with E-state index >= 15 is 0 Å². The molecular weight excluding hydrogens is 339 g/mol. The first-order valence-corrected chi connectivity index (χ1v) is 7.78. The van der Waals surface area contributed by atoms with Crippen LogP contribution in [0.25, 0.3) is 0 Å². The lowest BCUT2D eigenvalue weighted by Gasteiger charge is -2.22. The Hall–Kier alpha value is -2.25. The molecule has 2 unspecified atom stereocenters. The molecule has 140 valence electrons. The maximum atomic E-state index is 12.4. The molecule has 0 fully saturated rings. The molecule has 0 aliphatic rings. The van der Waals surface area contributed by atoms with Crippen LogP contribution in [-0.2, 0) is 9.59 Å². The maximum Gasteiger partial charge on any atom is 0.391 e. The van der Waals surface area contributed by atoms with Gasteiger partial charge in [0.05, 0.1) is 6.42 Å². The Bertz CT molecular complexity index is 629. The zero-order chi connectivity index (χ0) is 19.4. The first-order chi connectivity index (χ1) is 11.4. The summed E-state index contributed by atoms with van der Waals surface area (Å²) in [4.78, 5) is 23.0. The van der Waals surface area contributed by atoms with Crippen molar-refractivity contribution in [3.63, 3.8) is 0 Å². The standard InChI is InChI=1S/C17H22F3NO4/c1-9(2)12-6-5-10(3)7-14(12)25-11(4)15(22)21-13(16(23)24)8-17(18,19)20/h5-7,9,11,13H,8H2,1-4H3,(H,21,22)(H,23,24). The minimum Gasteiger partial charge on any atom is -0.481 e. The molecule has 0 radical (unpaired) electrons. The lowest BCUT2D eigenvalue weighted by atomic mass is 10.0. The van der Waals surface area contributed by atoms with Gasteiger partial charge in [-0.3, -0.25) is 4.79 Å². The first kappa shape index (κ1) is 20.8. The molecule has 1 aromatic rings. The van der Waals surface area contributed by atoms with Gasteiger partial charge in [0.25, 0.3) is 5.91 Å². The van der Waals surface area contributed by atoms with Crippen molar-refractivity contribution >= 4 is 11.9 Å². The van der Waals surface area contributed by atoms with E-state index in [0.29, 0.717) is 5.75 Å². The Morgan fingerprint density at radius 3 is 2.32 bits per heavy atom. The number of rotatable bonds is 7. The summed E-state index contributed by atoms with van der Waals surface area (Å²) in [6.45, 7) is 7.07. The molecule has 0 aromatic heterocycles. The molecule has 0 heterocycles. The number of ether oxygens (including phenoxy) is 1. The van der Waals surface area contributed by atoms with Gasteiger partial charge in [-0.25, -0.2) is 4.79 Å². The molecule has 1 aromatic carbocycles. The number of carbonyl (C=O) groups excluding carboxylic acids is 1. The molecule has 0 aliphatic carbocycles. The van der Waals surface area contributed by atoms with Gasteiger partial charge >= 0.3 is 12.1 Å². The molecule has 5 nitrogen and oxygen atoms in total. The number of nitrogens with one attached hydrogen (secondary N) is 1. The Labute approximate surface area is 144 Å². The maximum absolute atomic E-state index is 12.4. The van der Waals surface area contributed by atoms with Crippen LogP contribution in [0.3, 0.4) is 0 Å². The predicted octanol–water partition coefficient (Wildman–Crippen LogP) is 3.41.